The smallest absolute Gasteiger partial charge is 0.161 e. The van der Waals surface area contributed by atoms with Crippen molar-refractivity contribution >= 4 is 46.7 Å². The zero-order valence-electron chi connectivity index (χ0n) is 16.7. The minimum atomic E-state index is 0.426. The van der Waals surface area contributed by atoms with Crippen LogP contribution in [-0.4, -0.2) is 39.6 Å². The van der Waals surface area contributed by atoms with Crippen LogP contribution in [0, 0.1) is 0 Å². The van der Waals surface area contributed by atoms with Gasteiger partial charge in [0.1, 0.15) is 13.2 Å². The standard InChI is InChI=1S/C22H27ClO4S2/c1-3-24-11-13-26-19-10-7-17(15-20(19)27-14-12-25-4-2)22(29)21(28)16-5-8-18(23)9-6-16/h5-10,15,28-29H,3-4,11-14H2,1-2H3/b22-21-. The molecule has 0 saturated heterocycles. The van der Waals surface area contributed by atoms with Crippen LogP contribution in [0.2, 0.25) is 5.02 Å². The Balaban J connectivity index is 2.24. The second-order valence-corrected chi connectivity index (χ2v) is 7.29. The lowest BCUT2D eigenvalue weighted by molar-refractivity contribution is 0.0999. The molecule has 0 unspecified atom stereocenters. The molecule has 7 heteroatoms. The molecule has 29 heavy (non-hydrogen) atoms. The fourth-order valence-electron chi connectivity index (χ4n) is 2.48. The Bertz CT molecular complexity index is 794. The molecule has 2 aromatic carbocycles. The molecule has 0 spiro atoms. The summed E-state index contributed by atoms with van der Waals surface area (Å²) in [6.07, 6.45) is 0. The first-order valence-corrected chi connectivity index (χ1v) is 10.8. The molecule has 2 rings (SSSR count). The van der Waals surface area contributed by atoms with Gasteiger partial charge in [-0.2, -0.15) is 0 Å². The summed E-state index contributed by atoms with van der Waals surface area (Å²) in [7, 11) is 0. The monoisotopic (exact) mass is 454 g/mol. The lowest BCUT2D eigenvalue weighted by atomic mass is 10.1. The van der Waals surface area contributed by atoms with Crippen LogP contribution in [0.25, 0.3) is 9.81 Å². The molecule has 0 aromatic heterocycles. The summed E-state index contributed by atoms with van der Waals surface area (Å²) in [5, 5.41) is 0.675. The van der Waals surface area contributed by atoms with E-state index in [1.54, 1.807) is 0 Å². The predicted molar refractivity (Wildman–Crippen MR) is 127 cm³/mol. The van der Waals surface area contributed by atoms with Gasteiger partial charge in [0.25, 0.3) is 0 Å². The van der Waals surface area contributed by atoms with Gasteiger partial charge in [-0.3, -0.25) is 0 Å². The Morgan fingerprint density at radius 2 is 1.24 bits per heavy atom. The molecule has 0 saturated carbocycles. The van der Waals surface area contributed by atoms with Gasteiger partial charge in [-0.15, -0.1) is 25.3 Å². The van der Waals surface area contributed by atoms with E-state index in [1.807, 2.05) is 56.3 Å². The number of ether oxygens (including phenoxy) is 4. The maximum Gasteiger partial charge on any atom is 0.161 e. The molecule has 0 atom stereocenters. The van der Waals surface area contributed by atoms with E-state index in [9.17, 15) is 0 Å². The van der Waals surface area contributed by atoms with E-state index in [0.29, 0.717) is 56.2 Å². The summed E-state index contributed by atoms with van der Waals surface area (Å²) in [5.74, 6) is 1.28. The van der Waals surface area contributed by atoms with Gasteiger partial charge < -0.3 is 18.9 Å². The summed E-state index contributed by atoms with van der Waals surface area (Å²) in [6, 6.07) is 13.2. The van der Waals surface area contributed by atoms with Crippen molar-refractivity contribution in [1.82, 2.24) is 0 Å². The van der Waals surface area contributed by atoms with Gasteiger partial charge in [0, 0.05) is 28.0 Å². The van der Waals surface area contributed by atoms with Crippen molar-refractivity contribution in [3.63, 3.8) is 0 Å². The highest BCUT2D eigenvalue weighted by Gasteiger charge is 2.11. The minimum Gasteiger partial charge on any atom is -0.487 e. The third-order valence-corrected chi connectivity index (χ3v) is 5.33. The van der Waals surface area contributed by atoms with E-state index in [4.69, 9.17) is 30.5 Å². The van der Waals surface area contributed by atoms with Crippen LogP contribution >= 0.6 is 36.9 Å². The Morgan fingerprint density at radius 3 is 1.83 bits per heavy atom. The first-order chi connectivity index (χ1) is 14.1. The van der Waals surface area contributed by atoms with Gasteiger partial charge in [0.2, 0.25) is 0 Å². The second kappa shape index (κ2) is 13.1. The van der Waals surface area contributed by atoms with Crippen molar-refractivity contribution in [2.45, 2.75) is 13.8 Å². The van der Waals surface area contributed by atoms with Gasteiger partial charge >= 0.3 is 0 Å². The van der Waals surface area contributed by atoms with Gasteiger partial charge in [-0.05, 0) is 55.3 Å². The van der Waals surface area contributed by atoms with Crippen molar-refractivity contribution in [3.05, 3.63) is 58.6 Å². The molecule has 0 fully saturated rings. The van der Waals surface area contributed by atoms with Crippen LogP contribution in [0.4, 0.5) is 0 Å². The largest absolute Gasteiger partial charge is 0.487 e. The number of rotatable bonds is 12. The maximum atomic E-state index is 5.97. The maximum absolute atomic E-state index is 5.97. The Morgan fingerprint density at radius 1 is 0.724 bits per heavy atom. The minimum absolute atomic E-state index is 0.426. The van der Waals surface area contributed by atoms with Crippen molar-refractivity contribution in [2.75, 3.05) is 39.6 Å². The number of benzene rings is 2. The third kappa shape index (κ3) is 7.79. The van der Waals surface area contributed by atoms with E-state index in [0.717, 1.165) is 20.9 Å². The number of thiol groups is 2. The van der Waals surface area contributed by atoms with Gasteiger partial charge in [0.15, 0.2) is 11.5 Å². The quantitative estimate of drug-likeness (QED) is 0.239. The van der Waals surface area contributed by atoms with Crippen LogP contribution in [-0.2, 0) is 9.47 Å². The molecule has 0 N–H and O–H groups in total. The summed E-state index contributed by atoms with van der Waals surface area (Å²) >= 11 is 15.3. The molecule has 2 aromatic rings. The summed E-state index contributed by atoms with van der Waals surface area (Å²) in [4.78, 5) is 1.47. The SMILES string of the molecule is CCOCCOc1ccc(/C(S)=C(/S)c2ccc(Cl)cc2)cc1OCCOCC. The molecule has 0 aliphatic carbocycles. The molecule has 0 aliphatic rings. The molecule has 0 bridgehead atoms. The lowest BCUT2D eigenvalue weighted by Gasteiger charge is -2.15. The topological polar surface area (TPSA) is 36.9 Å². The van der Waals surface area contributed by atoms with E-state index in [-0.39, 0.29) is 0 Å². The zero-order chi connectivity index (χ0) is 21.1. The van der Waals surface area contributed by atoms with E-state index >= 15 is 0 Å². The molecule has 4 nitrogen and oxygen atoms in total. The highest BCUT2D eigenvalue weighted by atomic mass is 35.5. The number of halogens is 1. The fourth-order valence-corrected chi connectivity index (χ4v) is 3.15. The highest BCUT2D eigenvalue weighted by molar-refractivity contribution is 7.96. The van der Waals surface area contributed by atoms with Crippen LogP contribution in [0.5, 0.6) is 11.5 Å². The van der Waals surface area contributed by atoms with Crippen LogP contribution in [0.15, 0.2) is 42.5 Å². The Kier molecular flexibility index (Phi) is 10.8. The lowest BCUT2D eigenvalue weighted by Crippen LogP contribution is -2.10. The number of hydrogen-bond acceptors (Lipinski definition) is 6. The van der Waals surface area contributed by atoms with Crippen LogP contribution in [0.3, 0.4) is 0 Å². The second-order valence-electron chi connectivity index (χ2n) is 5.96. The van der Waals surface area contributed by atoms with Gasteiger partial charge in [-0.1, -0.05) is 23.7 Å². The first-order valence-electron chi connectivity index (χ1n) is 9.50. The van der Waals surface area contributed by atoms with E-state index in [2.05, 4.69) is 25.3 Å². The zero-order valence-corrected chi connectivity index (χ0v) is 19.2. The highest BCUT2D eigenvalue weighted by Crippen LogP contribution is 2.37. The Labute approximate surface area is 189 Å². The first kappa shape index (κ1) is 24.0. The molecular formula is C22H27ClO4S2. The Hall–Kier alpha value is -1.31. The van der Waals surface area contributed by atoms with Gasteiger partial charge in [-0.25, -0.2) is 0 Å². The average molecular weight is 455 g/mol. The van der Waals surface area contributed by atoms with E-state index in [1.165, 1.54) is 0 Å². The third-order valence-electron chi connectivity index (χ3n) is 3.94. The molecule has 0 amide bonds. The molecule has 158 valence electrons. The molecule has 0 heterocycles. The summed E-state index contributed by atoms with van der Waals surface area (Å²) in [6.45, 7) is 7.10. The molecule has 0 radical (unpaired) electrons. The van der Waals surface area contributed by atoms with Crippen molar-refractivity contribution in [1.29, 1.82) is 0 Å². The molecular weight excluding hydrogens is 428 g/mol. The van der Waals surface area contributed by atoms with E-state index < -0.39 is 0 Å². The predicted octanol–water partition coefficient (Wildman–Crippen LogP) is 5.86. The average Bonchev–Trinajstić information content (AvgIpc) is 2.74. The van der Waals surface area contributed by atoms with Crippen molar-refractivity contribution in [2.24, 2.45) is 0 Å². The fraction of sp³-hybridized carbons (Fsp3) is 0.364. The molecule has 0 aliphatic heterocycles. The number of hydrogen-bond donors (Lipinski definition) is 2. The van der Waals surface area contributed by atoms with Crippen molar-refractivity contribution < 1.29 is 18.9 Å². The van der Waals surface area contributed by atoms with Crippen LogP contribution < -0.4 is 9.47 Å². The summed E-state index contributed by atoms with van der Waals surface area (Å²) < 4.78 is 22.4. The van der Waals surface area contributed by atoms with Gasteiger partial charge in [0.05, 0.1) is 13.2 Å². The normalized spacial score (nSPS) is 11.9. The van der Waals surface area contributed by atoms with Crippen molar-refractivity contribution in [3.8, 4) is 11.5 Å². The van der Waals surface area contributed by atoms with Crippen LogP contribution in [0.1, 0.15) is 25.0 Å². The summed E-state index contributed by atoms with van der Waals surface area (Å²) in [5.41, 5.74) is 1.80.